The van der Waals surface area contributed by atoms with E-state index in [-0.39, 0.29) is 24.0 Å². The Hall–Kier alpha value is -1.80. The summed E-state index contributed by atoms with van der Waals surface area (Å²) in [5.41, 5.74) is 7.92. The topological polar surface area (TPSA) is 79.5 Å². The number of nitrogens with two attached hydrogens (primary N) is 1. The number of nitrogens with one attached hydrogen (secondary N) is 2. The fraction of sp³-hybridized carbons (Fsp3) is 0.222. The smallest absolute Gasteiger partial charge is 0.248 e. The van der Waals surface area contributed by atoms with E-state index in [0.29, 0.717) is 18.1 Å². The molecule has 5 nitrogen and oxygen atoms in total. The van der Waals surface area contributed by atoms with Crippen molar-refractivity contribution >= 4 is 47.4 Å². The summed E-state index contributed by atoms with van der Waals surface area (Å²) in [6.45, 7) is 1.29. The van der Waals surface area contributed by atoms with Gasteiger partial charge in [0.05, 0.1) is 0 Å². The van der Waals surface area contributed by atoms with E-state index in [0.717, 1.165) is 23.6 Å². The molecule has 0 heterocycles. The third-order valence-electron chi connectivity index (χ3n) is 3.49. The molecule has 4 N–H and O–H groups in total. The number of primary amides is 1. The van der Waals surface area contributed by atoms with Gasteiger partial charge in [0, 0.05) is 30.7 Å². The van der Waals surface area contributed by atoms with E-state index in [1.54, 1.807) is 19.2 Å². The van der Waals surface area contributed by atoms with E-state index >= 15 is 0 Å². The Morgan fingerprint density at radius 3 is 2.52 bits per heavy atom. The van der Waals surface area contributed by atoms with Crippen LogP contribution in [0.15, 0.2) is 53.5 Å². The molecule has 0 aliphatic carbocycles. The summed E-state index contributed by atoms with van der Waals surface area (Å²) in [6.07, 6.45) is 0.846. The van der Waals surface area contributed by atoms with Gasteiger partial charge in [0.2, 0.25) is 5.91 Å². The maximum atomic E-state index is 11.2. The number of aliphatic imine (C=N–C) groups is 1. The number of halogens is 2. The molecule has 1 amide bonds. The molecule has 0 atom stereocenters. The standard InChI is InChI=1S/C18H21ClN4O.HI/c1-21-18(22-9-8-13-4-3-7-16(19)11-13)23-12-14-5-2-6-15(10-14)17(20)24;/h2-7,10-11H,8-9,12H2,1H3,(H2,20,24)(H2,21,22,23);1H. The summed E-state index contributed by atoms with van der Waals surface area (Å²) in [7, 11) is 1.72. The lowest BCUT2D eigenvalue weighted by atomic mass is 10.1. The molecule has 134 valence electrons. The van der Waals surface area contributed by atoms with Crippen molar-refractivity contribution in [3.05, 3.63) is 70.2 Å². The Morgan fingerprint density at radius 1 is 1.12 bits per heavy atom. The largest absolute Gasteiger partial charge is 0.366 e. The van der Waals surface area contributed by atoms with Crippen molar-refractivity contribution in [2.75, 3.05) is 13.6 Å². The lowest BCUT2D eigenvalue weighted by Gasteiger charge is -2.12. The first-order chi connectivity index (χ1) is 11.6. The molecule has 0 spiro atoms. The lowest BCUT2D eigenvalue weighted by Crippen LogP contribution is -2.37. The number of guanidine groups is 1. The average molecular weight is 473 g/mol. The summed E-state index contributed by atoms with van der Waals surface area (Å²) in [6, 6.07) is 15.0. The Morgan fingerprint density at radius 2 is 1.84 bits per heavy atom. The van der Waals surface area contributed by atoms with E-state index in [2.05, 4.69) is 15.6 Å². The van der Waals surface area contributed by atoms with Crippen molar-refractivity contribution in [3.63, 3.8) is 0 Å². The van der Waals surface area contributed by atoms with Crippen molar-refractivity contribution in [1.29, 1.82) is 0 Å². The first-order valence-corrected chi connectivity index (χ1v) is 8.04. The van der Waals surface area contributed by atoms with Crippen LogP contribution in [-0.2, 0) is 13.0 Å². The molecule has 25 heavy (non-hydrogen) atoms. The number of amides is 1. The number of carbonyl (C=O) groups excluding carboxylic acids is 1. The van der Waals surface area contributed by atoms with E-state index in [1.165, 1.54) is 5.56 Å². The SMILES string of the molecule is CN=C(NCCc1cccc(Cl)c1)NCc1cccc(C(N)=O)c1.I. The Labute approximate surface area is 170 Å². The Kier molecular flexibility index (Phi) is 9.30. The maximum absolute atomic E-state index is 11.2. The second kappa shape index (κ2) is 10.9. The number of benzene rings is 2. The van der Waals surface area contributed by atoms with Crippen LogP contribution >= 0.6 is 35.6 Å². The van der Waals surface area contributed by atoms with E-state index in [1.807, 2.05) is 36.4 Å². The minimum Gasteiger partial charge on any atom is -0.366 e. The van der Waals surface area contributed by atoms with Gasteiger partial charge in [0.15, 0.2) is 5.96 Å². The van der Waals surface area contributed by atoms with Crippen LogP contribution in [-0.4, -0.2) is 25.5 Å². The number of hydrogen-bond donors (Lipinski definition) is 3. The second-order valence-electron chi connectivity index (χ2n) is 5.30. The van der Waals surface area contributed by atoms with Crippen molar-refractivity contribution in [2.24, 2.45) is 10.7 Å². The molecule has 2 aromatic rings. The molecular formula is C18H22ClIN4O. The highest BCUT2D eigenvalue weighted by molar-refractivity contribution is 14.0. The Bertz CT molecular complexity index is 737. The van der Waals surface area contributed by atoms with Crippen molar-refractivity contribution in [2.45, 2.75) is 13.0 Å². The van der Waals surface area contributed by atoms with Crippen LogP contribution in [0.1, 0.15) is 21.5 Å². The van der Waals surface area contributed by atoms with E-state index in [9.17, 15) is 4.79 Å². The van der Waals surface area contributed by atoms with Crippen LogP contribution in [0.5, 0.6) is 0 Å². The molecule has 7 heteroatoms. The minimum absolute atomic E-state index is 0. The first-order valence-electron chi connectivity index (χ1n) is 7.66. The fourth-order valence-corrected chi connectivity index (χ4v) is 2.47. The molecule has 0 unspecified atom stereocenters. The van der Waals surface area contributed by atoms with Crippen molar-refractivity contribution < 1.29 is 4.79 Å². The summed E-state index contributed by atoms with van der Waals surface area (Å²) in [5, 5.41) is 7.20. The summed E-state index contributed by atoms with van der Waals surface area (Å²) < 4.78 is 0. The fourth-order valence-electron chi connectivity index (χ4n) is 2.26. The highest BCUT2D eigenvalue weighted by atomic mass is 127. The summed E-state index contributed by atoms with van der Waals surface area (Å²) in [4.78, 5) is 15.4. The van der Waals surface area contributed by atoms with Gasteiger partial charge in [-0.2, -0.15) is 0 Å². The molecule has 0 saturated heterocycles. The summed E-state index contributed by atoms with van der Waals surface area (Å²) in [5.74, 6) is 0.266. The van der Waals surface area contributed by atoms with Gasteiger partial charge in [-0.25, -0.2) is 0 Å². The van der Waals surface area contributed by atoms with Crippen LogP contribution in [0.3, 0.4) is 0 Å². The number of rotatable bonds is 6. The second-order valence-corrected chi connectivity index (χ2v) is 5.73. The third kappa shape index (κ3) is 7.31. The molecule has 0 radical (unpaired) electrons. The van der Waals surface area contributed by atoms with Crippen molar-refractivity contribution in [3.8, 4) is 0 Å². The van der Waals surface area contributed by atoms with E-state index in [4.69, 9.17) is 17.3 Å². The average Bonchev–Trinajstić information content (AvgIpc) is 2.58. The number of nitrogens with zero attached hydrogens (tertiary/aromatic N) is 1. The minimum atomic E-state index is -0.430. The van der Waals surface area contributed by atoms with Gasteiger partial charge in [0.1, 0.15) is 0 Å². The van der Waals surface area contributed by atoms with Gasteiger partial charge < -0.3 is 16.4 Å². The molecule has 0 fully saturated rings. The number of carbonyl (C=O) groups is 1. The lowest BCUT2D eigenvalue weighted by molar-refractivity contribution is 0.1000. The third-order valence-corrected chi connectivity index (χ3v) is 3.73. The van der Waals surface area contributed by atoms with Gasteiger partial charge in [-0.05, 0) is 41.8 Å². The van der Waals surface area contributed by atoms with Crippen LogP contribution in [0, 0.1) is 0 Å². The Balaban J connectivity index is 0.00000312. The predicted octanol–water partition coefficient (Wildman–Crippen LogP) is 2.96. The molecular weight excluding hydrogens is 451 g/mol. The van der Waals surface area contributed by atoms with E-state index < -0.39 is 5.91 Å². The monoisotopic (exact) mass is 472 g/mol. The number of hydrogen-bond acceptors (Lipinski definition) is 2. The molecule has 2 aromatic carbocycles. The highest BCUT2D eigenvalue weighted by Gasteiger charge is 2.03. The van der Waals surface area contributed by atoms with Gasteiger partial charge in [-0.1, -0.05) is 35.9 Å². The predicted molar refractivity (Wildman–Crippen MR) is 114 cm³/mol. The van der Waals surface area contributed by atoms with Crippen LogP contribution in [0.4, 0.5) is 0 Å². The normalized spacial score (nSPS) is 10.7. The van der Waals surface area contributed by atoms with Crippen LogP contribution < -0.4 is 16.4 Å². The zero-order chi connectivity index (χ0) is 17.4. The van der Waals surface area contributed by atoms with Crippen molar-refractivity contribution in [1.82, 2.24) is 10.6 Å². The van der Waals surface area contributed by atoms with Gasteiger partial charge in [-0.15, -0.1) is 24.0 Å². The van der Waals surface area contributed by atoms with Gasteiger partial charge in [0.25, 0.3) is 0 Å². The first kappa shape index (κ1) is 21.2. The molecule has 0 saturated carbocycles. The highest BCUT2D eigenvalue weighted by Crippen LogP contribution is 2.10. The molecule has 0 aliphatic heterocycles. The quantitative estimate of drug-likeness (QED) is 0.344. The van der Waals surface area contributed by atoms with Crippen LogP contribution in [0.2, 0.25) is 5.02 Å². The van der Waals surface area contributed by atoms with Gasteiger partial charge in [-0.3, -0.25) is 9.79 Å². The zero-order valence-corrected chi connectivity index (χ0v) is 17.0. The maximum Gasteiger partial charge on any atom is 0.248 e. The van der Waals surface area contributed by atoms with Crippen LogP contribution in [0.25, 0.3) is 0 Å². The van der Waals surface area contributed by atoms with Gasteiger partial charge >= 0.3 is 0 Å². The molecule has 2 rings (SSSR count). The summed E-state index contributed by atoms with van der Waals surface area (Å²) >= 11 is 5.98. The molecule has 0 aliphatic rings. The molecule has 0 bridgehead atoms. The molecule has 0 aromatic heterocycles. The zero-order valence-electron chi connectivity index (χ0n) is 14.0.